The van der Waals surface area contributed by atoms with Crippen LogP contribution in [0.1, 0.15) is 58.7 Å². The molecule has 3 heterocycles. The summed E-state index contributed by atoms with van der Waals surface area (Å²) >= 11 is 1.74. The van der Waals surface area contributed by atoms with Crippen LogP contribution in [0.15, 0.2) is 18.3 Å². The van der Waals surface area contributed by atoms with E-state index >= 15 is 0 Å². The van der Waals surface area contributed by atoms with E-state index in [0.29, 0.717) is 6.42 Å². The fraction of sp³-hybridized carbons (Fsp3) is 0.412. The Bertz CT molecular complexity index is 772. The fourth-order valence-corrected chi connectivity index (χ4v) is 4.96. The van der Waals surface area contributed by atoms with Crippen LogP contribution in [0.25, 0.3) is 5.00 Å². The third-order valence-electron chi connectivity index (χ3n) is 4.53. The molecule has 1 aliphatic heterocycles. The van der Waals surface area contributed by atoms with Crippen molar-refractivity contribution in [3.05, 3.63) is 40.0 Å². The molecule has 2 aliphatic rings. The lowest BCUT2D eigenvalue weighted by Gasteiger charge is -2.17. The first-order chi connectivity index (χ1) is 10.6. The average molecular weight is 314 g/mol. The Balaban J connectivity index is 1.89. The number of amides is 1. The largest absolute Gasteiger partial charge is 0.343 e. The molecule has 22 heavy (non-hydrogen) atoms. The molecule has 1 aliphatic carbocycles. The Kier molecular flexibility index (Phi) is 3.18. The van der Waals surface area contributed by atoms with Crippen LogP contribution in [0, 0.1) is 0 Å². The normalized spacial score (nSPS) is 19.7. The molecule has 0 fully saturated rings. The van der Waals surface area contributed by atoms with Gasteiger partial charge in [-0.2, -0.15) is 0 Å². The first kappa shape index (κ1) is 13.8. The van der Waals surface area contributed by atoms with E-state index < -0.39 is 0 Å². The highest BCUT2D eigenvalue weighted by Gasteiger charge is 2.32. The maximum atomic E-state index is 12.8. The van der Waals surface area contributed by atoms with Gasteiger partial charge in [-0.1, -0.05) is 0 Å². The van der Waals surface area contributed by atoms with Gasteiger partial charge < -0.3 is 9.88 Å². The van der Waals surface area contributed by atoms with Crippen LogP contribution < -0.4 is 5.32 Å². The van der Waals surface area contributed by atoms with Crippen LogP contribution in [0.5, 0.6) is 0 Å². The Hall–Kier alpha value is -1.88. The van der Waals surface area contributed by atoms with Gasteiger partial charge in [-0.25, -0.2) is 0 Å². The van der Waals surface area contributed by atoms with Crippen molar-refractivity contribution in [2.75, 3.05) is 0 Å². The van der Waals surface area contributed by atoms with E-state index in [1.807, 2.05) is 18.3 Å². The van der Waals surface area contributed by atoms with Crippen molar-refractivity contribution in [2.24, 2.45) is 0 Å². The monoisotopic (exact) mass is 314 g/mol. The van der Waals surface area contributed by atoms with Crippen LogP contribution in [0.2, 0.25) is 0 Å². The Morgan fingerprint density at radius 3 is 3.05 bits per heavy atom. The number of aryl methyl sites for hydroxylation is 1. The van der Waals surface area contributed by atoms with Crippen LogP contribution in [0.4, 0.5) is 0 Å². The summed E-state index contributed by atoms with van der Waals surface area (Å²) in [6, 6.07) is 3.75. The number of hydrogen-bond donors (Lipinski definition) is 1. The SMILES string of the molecule is CC(=O)C[C@H]1NC(=O)c2c(sc3c2CCCC3)-n2cccc21. The molecule has 4 rings (SSSR count). The summed E-state index contributed by atoms with van der Waals surface area (Å²) in [4.78, 5) is 25.7. The molecule has 4 nitrogen and oxygen atoms in total. The summed E-state index contributed by atoms with van der Waals surface area (Å²) in [6.07, 6.45) is 6.77. The minimum Gasteiger partial charge on any atom is -0.343 e. The van der Waals surface area contributed by atoms with Gasteiger partial charge in [0.05, 0.1) is 11.6 Å². The van der Waals surface area contributed by atoms with Gasteiger partial charge in [0.1, 0.15) is 10.8 Å². The van der Waals surface area contributed by atoms with E-state index in [0.717, 1.165) is 35.5 Å². The molecular formula is C17H18N2O2S. The molecule has 0 aromatic carbocycles. The third kappa shape index (κ3) is 2.03. The predicted octanol–water partition coefficient (Wildman–Crippen LogP) is 3.18. The number of rotatable bonds is 2. The summed E-state index contributed by atoms with van der Waals surface area (Å²) in [6.45, 7) is 1.57. The molecule has 0 radical (unpaired) electrons. The van der Waals surface area contributed by atoms with Gasteiger partial charge in [0.15, 0.2) is 0 Å². The van der Waals surface area contributed by atoms with Crippen LogP contribution >= 0.6 is 11.3 Å². The number of Topliss-reactive ketones (excluding diaryl/α,β-unsaturated/α-hetero) is 1. The molecule has 5 heteroatoms. The number of hydrogen-bond acceptors (Lipinski definition) is 3. The van der Waals surface area contributed by atoms with Crippen molar-refractivity contribution in [3.8, 4) is 5.00 Å². The predicted molar refractivity (Wildman–Crippen MR) is 85.8 cm³/mol. The molecule has 0 saturated heterocycles. The molecule has 1 N–H and O–H groups in total. The molecule has 0 spiro atoms. The first-order valence-corrected chi connectivity index (χ1v) is 8.59. The number of aromatic nitrogens is 1. The molecule has 114 valence electrons. The van der Waals surface area contributed by atoms with Crippen molar-refractivity contribution in [1.82, 2.24) is 9.88 Å². The lowest BCUT2D eigenvalue weighted by molar-refractivity contribution is -0.117. The van der Waals surface area contributed by atoms with E-state index in [1.54, 1.807) is 18.3 Å². The maximum Gasteiger partial charge on any atom is 0.255 e. The van der Waals surface area contributed by atoms with Gasteiger partial charge in [0.2, 0.25) is 0 Å². The molecule has 0 unspecified atom stereocenters. The highest BCUT2D eigenvalue weighted by Crippen LogP contribution is 2.40. The number of nitrogens with zero attached hydrogens (tertiary/aromatic N) is 1. The quantitative estimate of drug-likeness (QED) is 0.925. The van der Waals surface area contributed by atoms with E-state index in [1.165, 1.54) is 16.9 Å². The van der Waals surface area contributed by atoms with Crippen molar-refractivity contribution in [3.63, 3.8) is 0 Å². The summed E-state index contributed by atoms with van der Waals surface area (Å²) in [5, 5.41) is 4.09. The van der Waals surface area contributed by atoms with E-state index in [9.17, 15) is 9.59 Å². The van der Waals surface area contributed by atoms with E-state index in [2.05, 4.69) is 9.88 Å². The number of ketones is 1. The van der Waals surface area contributed by atoms with Crippen LogP contribution in [0.3, 0.4) is 0 Å². The molecule has 0 bridgehead atoms. The van der Waals surface area contributed by atoms with Crippen molar-refractivity contribution >= 4 is 23.0 Å². The number of carbonyl (C=O) groups excluding carboxylic acids is 2. The number of nitrogens with one attached hydrogen (secondary N) is 1. The van der Waals surface area contributed by atoms with Gasteiger partial charge in [-0.3, -0.25) is 9.59 Å². The zero-order valence-electron chi connectivity index (χ0n) is 12.5. The molecule has 2 aromatic rings. The number of fused-ring (bicyclic) bond motifs is 5. The lowest BCUT2D eigenvalue weighted by Crippen LogP contribution is -2.29. The number of carbonyl (C=O) groups is 2. The molecule has 1 atom stereocenters. The molecule has 2 aromatic heterocycles. The third-order valence-corrected chi connectivity index (χ3v) is 5.82. The molecule has 0 saturated carbocycles. The van der Waals surface area contributed by atoms with Gasteiger partial charge in [0.25, 0.3) is 5.91 Å². The highest BCUT2D eigenvalue weighted by molar-refractivity contribution is 7.15. The van der Waals surface area contributed by atoms with Crippen LogP contribution in [-0.2, 0) is 17.6 Å². The minimum atomic E-state index is -0.237. The topological polar surface area (TPSA) is 51.1 Å². The summed E-state index contributed by atoms with van der Waals surface area (Å²) in [5.41, 5.74) is 3.07. The van der Waals surface area contributed by atoms with Crippen molar-refractivity contribution in [1.29, 1.82) is 0 Å². The zero-order chi connectivity index (χ0) is 15.3. The minimum absolute atomic E-state index is 0.0238. The highest BCUT2D eigenvalue weighted by atomic mass is 32.1. The Labute approximate surface area is 133 Å². The molecule has 1 amide bonds. The molecular weight excluding hydrogens is 296 g/mol. The van der Waals surface area contributed by atoms with Gasteiger partial charge in [0, 0.05) is 23.2 Å². The average Bonchev–Trinajstić information content (AvgIpc) is 3.07. The maximum absolute atomic E-state index is 12.8. The van der Waals surface area contributed by atoms with E-state index in [-0.39, 0.29) is 17.7 Å². The summed E-state index contributed by atoms with van der Waals surface area (Å²) < 4.78 is 2.10. The second-order valence-corrected chi connectivity index (χ2v) is 7.21. The second-order valence-electron chi connectivity index (χ2n) is 6.13. The Morgan fingerprint density at radius 2 is 2.23 bits per heavy atom. The van der Waals surface area contributed by atoms with Crippen LogP contribution in [-0.4, -0.2) is 16.3 Å². The number of thiophene rings is 1. The standard InChI is InChI=1S/C17H18N2O2S/c1-10(20)9-12-13-6-4-8-19(13)17-15(16(21)18-12)11-5-2-3-7-14(11)22-17/h4,6,8,12H,2-3,5,7,9H2,1H3,(H,18,21)/t12-/m1/s1. The lowest BCUT2D eigenvalue weighted by atomic mass is 9.95. The smallest absolute Gasteiger partial charge is 0.255 e. The van der Waals surface area contributed by atoms with Gasteiger partial charge >= 0.3 is 0 Å². The summed E-state index contributed by atoms with van der Waals surface area (Å²) in [5.74, 6) is 0.0645. The second kappa shape index (κ2) is 5.09. The van der Waals surface area contributed by atoms with Crippen molar-refractivity contribution in [2.45, 2.75) is 45.1 Å². The zero-order valence-corrected chi connectivity index (χ0v) is 13.3. The summed E-state index contributed by atoms with van der Waals surface area (Å²) in [7, 11) is 0. The Morgan fingerprint density at radius 1 is 1.41 bits per heavy atom. The van der Waals surface area contributed by atoms with Gasteiger partial charge in [-0.15, -0.1) is 11.3 Å². The van der Waals surface area contributed by atoms with E-state index in [4.69, 9.17) is 0 Å². The van der Waals surface area contributed by atoms with Crippen molar-refractivity contribution < 1.29 is 9.59 Å². The first-order valence-electron chi connectivity index (χ1n) is 7.77. The van der Waals surface area contributed by atoms with Gasteiger partial charge in [-0.05, 0) is 50.3 Å². The fourth-order valence-electron chi connectivity index (χ4n) is 3.57.